The largest absolute Gasteiger partial charge is 0.490 e. The molecule has 2 aliphatic rings. The predicted molar refractivity (Wildman–Crippen MR) is 106 cm³/mol. The Morgan fingerprint density at radius 1 is 1.18 bits per heavy atom. The Morgan fingerprint density at radius 2 is 2.00 bits per heavy atom. The SMILES string of the molecule is O=C(O)Cn1cc(COCCOc2cccc3c2C(=O)N(C2CCC(=O)NC2=O)C3=O)nn1. The van der Waals surface area contributed by atoms with Gasteiger partial charge in [0.2, 0.25) is 11.8 Å². The highest BCUT2D eigenvalue weighted by molar-refractivity contribution is 6.24. The van der Waals surface area contributed by atoms with Crippen LogP contribution in [-0.4, -0.2) is 73.9 Å². The number of hydrogen-bond donors (Lipinski definition) is 2. The van der Waals surface area contributed by atoms with E-state index in [1.807, 2.05) is 0 Å². The number of carboxylic acids is 1. The zero-order valence-electron chi connectivity index (χ0n) is 17.2. The number of amides is 4. The fourth-order valence-corrected chi connectivity index (χ4v) is 3.61. The van der Waals surface area contributed by atoms with Crippen LogP contribution in [0.2, 0.25) is 0 Å². The molecule has 1 unspecified atom stereocenters. The minimum Gasteiger partial charge on any atom is -0.490 e. The minimum atomic E-state index is -1.05. The van der Waals surface area contributed by atoms with Crippen LogP contribution in [0.4, 0.5) is 0 Å². The monoisotopic (exact) mass is 457 g/mol. The maximum atomic E-state index is 13.0. The van der Waals surface area contributed by atoms with Gasteiger partial charge in [-0.25, -0.2) is 4.68 Å². The maximum Gasteiger partial charge on any atom is 0.325 e. The molecule has 2 aromatic rings. The van der Waals surface area contributed by atoms with E-state index in [1.165, 1.54) is 23.0 Å². The molecular formula is C20H19N5O8. The van der Waals surface area contributed by atoms with E-state index in [1.54, 1.807) is 6.07 Å². The second-order valence-electron chi connectivity index (χ2n) is 7.33. The van der Waals surface area contributed by atoms with Crippen LogP contribution >= 0.6 is 0 Å². The average Bonchev–Trinajstić information content (AvgIpc) is 3.30. The zero-order chi connectivity index (χ0) is 23.5. The lowest BCUT2D eigenvalue weighted by atomic mass is 10.0. The number of carbonyl (C=O) groups is 5. The lowest BCUT2D eigenvalue weighted by Crippen LogP contribution is -2.54. The summed E-state index contributed by atoms with van der Waals surface area (Å²) in [6, 6.07) is 3.52. The fourth-order valence-electron chi connectivity index (χ4n) is 3.61. The molecule has 3 heterocycles. The third kappa shape index (κ3) is 4.57. The van der Waals surface area contributed by atoms with E-state index in [-0.39, 0.29) is 56.1 Å². The highest BCUT2D eigenvalue weighted by Gasteiger charge is 2.45. The van der Waals surface area contributed by atoms with Crippen LogP contribution in [0.15, 0.2) is 24.4 Å². The molecule has 1 saturated heterocycles. The van der Waals surface area contributed by atoms with Gasteiger partial charge in [-0.2, -0.15) is 0 Å². The van der Waals surface area contributed by atoms with E-state index < -0.39 is 35.6 Å². The summed E-state index contributed by atoms with van der Waals surface area (Å²) in [5.41, 5.74) is 0.625. The van der Waals surface area contributed by atoms with Crippen molar-refractivity contribution in [1.82, 2.24) is 25.2 Å². The Kier molecular flexibility index (Phi) is 6.13. The van der Waals surface area contributed by atoms with Crippen molar-refractivity contribution in [2.45, 2.75) is 32.0 Å². The molecule has 172 valence electrons. The van der Waals surface area contributed by atoms with Gasteiger partial charge in [-0.15, -0.1) is 5.10 Å². The van der Waals surface area contributed by atoms with Crippen LogP contribution in [0.1, 0.15) is 39.3 Å². The summed E-state index contributed by atoms with van der Waals surface area (Å²) < 4.78 is 12.2. The van der Waals surface area contributed by atoms with Crippen molar-refractivity contribution in [2.24, 2.45) is 0 Å². The first-order chi connectivity index (χ1) is 15.8. The molecule has 13 nitrogen and oxygen atoms in total. The van der Waals surface area contributed by atoms with Gasteiger partial charge in [0.15, 0.2) is 0 Å². The molecular weight excluding hydrogens is 438 g/mol. The van der Waals surface area contributed by atoms with E-state index in [0.717, 1.165) is 4.90 Å². The maximum absolute atomic E-state index is 13.0. The van der Waals surface area contributed by atoms with E-state index >= 15 is 0 Å². The van der Waals surface area contributed by atoms with Gasteiger partial charge in [0, 0.05) is 6.42 Å². The van der Waals surface area contributed by atoms with Gasteiger partial charge in [0.25, 0.3) is 11.8 Å². The van der Waals surface area contributed by atoms with Crippen LogP contribution in [0.3, 0.4) is 0 Å². The first-order valence-corrected chi connectivity index (χ1v) is 10.0. The van der Waals surface area contributed by atoms with E-state index in [2.05, 4.69) is 15.6 Å². The summed E-state index contributed by atoms with van der Waals surface area (Å²) in [7, 11) is 0. The average molecular weight is 457 g/mol. The van der Waals surface area contributed by atoms with Crippen LogP contribution in [0.25, 0.3) is 0 Å². The van der Waals surface area contributed by atoms with Crippen molar-refractivity contribution in [3.8, 4) is 5.75 Å². The van der Waals surface area contributed by atoms with Gasteiger partial charge in [-0.1, -0.05) is 11.3 Å². The number of aliphatic carboxylic acids is 1. The number of fused-ring (bicyclic) bond motifs is 1. The molecule has 33 heavy (non-hydrogen) atoms. The summed E-state index contributed by atoms with van der Waals surface area (Å²) in [5.74, 6) is -3.26. The Bertz CT molecular complexity index is 1140. The quantitative estimate of drug-likeness (QED) is 0.365. The third-order valence-corrected chi connectivity index (χ3v) is 5.05. The molecule has 0 spiro atoms. The summed E-state index contributed by atoms with van der Waals surface area (Å²) in [6.07, 6.45) is 1.55. The molecule has 0 radical (unpaired) electrons. The second kappa shape index (κ2) is 9.16. The summed E-state index contributed by atoms with van der Waals surface area (Å²) in [5, 5.41) is 18.3. The number of piperidine rings is 1. The second-order valence-corrected chi connectivity index (χ2v) is 7.33. The van der Waals surface area contributed by atoms with Crippen LogP contribution < -0.4 is 10.1 Å². The van der Waals surface area contributed by atoms with Crippen LogP contribution in [0, 0.1) is 0 Å². The van der Waals surface area contributed by atoms with Crippen LogP contribution in [0.5, 0.6) is 5.75 Å². The summed E-state index contributed by atoms with van der Waals surface area (Å²) in [6.45, 7) is -0.0531. The number of carboxylic acid groups (broad SMARTS) is 1. The molecule has 4 amide bonds. The number of nitrogens with one attached hydrogen (secondary N) is 1. The van der Waals surface area contributed by atoms with Gasteiger partial charge < -0.3 is 14.6 Å². The van der Waals surface area contributed by atoms with Gasteiger partial charge in [-0.3, -0.25) is 34.2 Å². The number of nitrogens with zero attached hydrogens (tertiary/aromatic N) is 4. The number of ether oxygens (including phenoxy) is 2. The number of carbonyl (C=O) groups excluding carboxylic acids is 4. The highest BCUT2D eigenvalue weighted by atomic mass is 16.5. The lowest BCUT2D eigenvalue weighted by Gasteiger charge is -2.27. The molecule has 0 saturated carbocycles. The minimum absolute atomic E-state index is 0.0363. The standard InChI is InChI=1S/C20H19N5O8/c26-15-5-4-13(18(29)21-15)25-19(30)12-2-1-3-14(17(12)20(25)31)33-7-6-32-10-11-8-24(23-22-11)9-16(27)28/h1-3,8,13H,4-7,9-10H2,(H,27,28)(H,21,26,29). The molecule has 1 fully saturated rings. The van der Waals surface area contributed by atoms with Gasteiger partial charge in [0.05, 0.1) is 30.5 Å². The van der Waals surface area contributed by atoms with Gasteiger partial charge in [-0.05, 0) is 18.6 Å². The Balaban J connectivity index is 1.35. The number of hydrogen-bond acceptors (Lipinski definition) is 9. The Hall–Kier alpha value is -4.13. The zero-order valence-corrected chi connectivity index (χ0v) is 17.2. The van der Waals surface area contributed by atoms with Crippen LogP contribution in [-0.2, 0) is 32.3 Å². The molecule has 1 atom stereocenters. The summed E-state index contributed by atoms with van der Waals surface area (Å²) >= 11 is 0. The predicted octanol–water partition coefficient (Wildman–Crippen LogP) is -0.640. The molecule has 2 aliphatic heterocycles. The molecule has 13 heteroatoms. The number of rotatable bonds is 9. The first-order valence-electron chi connectivity index (χ1n) is 10.0. The van der Waals surface area contributed by atoms with Crippen molar-refractivity contribution in [2.75, 3.05) is 13.2 Å². The summed E-state index contributed by atoms with van der Waals surface area (Å²) in [4.78, 5) is 60.9. The van der Waals surface area contributed by atoms with Crippen molar-refractivity contribution in [3.05, 3.63) is 41.2 Å². The van der Waals surface area contributed by atoms with E-state index in [9.17, 15) is 24.0 Å². The molecule has 1 aromatic heterocycles. The van der Waals surface area contributed by atoms with E-state index in [4.69, 9.17) is 14.6 Å². The molecule has 2 N–H and O–H groups in total. The first kappa shape index (κ1) is 22.1. The normalized spacial score (nSPS) is 17.8. The fraction of sp³-hybridized carbons (Fsp3) is 0.350. The van der Waals surface area contributed by atoms with Crippen molar-refractivity contribution < 1.29 is 38.6 Å². The van der Waals surface area contributed by atoms with Crippen molar-refractivity contribution in [3.63, 3.8) is 0 Å². The molecule has 0 bridgehead atoms. The molecule has 4 rings (SSSR count). The highest BCUT2D eigenvalue weighted by Crippen LogP contribution is 2.33. The molecule has 0 aliphatic carbocycles. The lowest BCUT2D eigenvalue weighted by molar-refractivity contribution is -0.138. The van der Waals surface area contributed by atoms with Crippen molar-refractivity contribution >= 4 is 29.6 Å². The van der Waals surface area contributed by atoms with E-state index in [0.29, 0.717) is 5.69 Å². The number of aromatic nitrogens is 3. The Labute approximate surface area is 186 Å². The van der Waals surface area contributed by atoms with Crippen molar-refractivity contribution in [1.29, 1.82) is 0 Å². The smallest absolute Gasteiger partial charge is 0.325 e. The van der Waals surface area contributed by atoms with Gasteiger partial charge >= 0.3 is 5.97 Å². The molecule has 1 aromatic carbocycles. The number of imide groups is 2. The Morgan fingerprint density at radius 3 is 2.76 bits per heavy atom. The number of benzene rings is 1. The third-order valence-electron chi connectivity index (χ3n) is 5.05. The van der Waals surface area contributed by atoms with Gasteiger partial charge in [0.1, 0.15) is 30.6 Å². The topological polar surface area (TPSA) is 170 Å².